The van der Waals surface area contributed by atoms with Crippen molar-refractivity contribution in [3.63, 3.8) is 0 Å². The van der Waals surface area contributed by atoms with Crippen LogP contribution in [0.25, 0.3) is 0 Å². The molecule has 0 saturated carbocycles. The minimum Gasteiger partial charge on any atom is -0.334 e. The van der Waals surface area contributed by atoms with E-state index in [4.69, 9.17) is 0 Å². The lowest BCUT2D eigenvalue weighted by atomic mass is 10.1. The molecule has 8 heteroatoms. The third-order valence-electron chi connectivity index (χ3n) is 4.98. The van der Waals surface area contributed by atoms with Crippen LogP contribution < -0.4 is 5.32 Å². The van der Waals surface area contributed by atoms with E-state index >= 15 is 0 Å². The van der Waals surface area contributed by atoms with Gasteiger partial charge in [-0.15, -0.1) is 0 Å². The van der Waals surface area contributed by atoms with Gasteiger partial charge in [-0.2, -0.15) is 0 Å². The minimum atomic E-state index is -3.06. The summed E-state index contributed by atoms with van der Waals surface area (Å²) in [6, 6.07) is 7.16. The number of hydrogen-bond acceptors (Lipinski definition) is 6. The van der Waals surface area contributed by atoms with E-state index < -0.39 is 9.84 Å². The maximum absolute atomic E-state index is 12.9. The normalized spacial score (nSPS) is 18.3. The molecule has 1 aromatic heterocycles. The standard InChI is InChI=1S/C19H24N4O3S/c1-4-23(15-9-11-27(25,26)12-15)18(24)17-8-10-20-19(22-17)21-16-7-5-6-13(2)14(16)3/h5-8,10,15H,4,9,11-12H2,1-3H3,(H,20,21,22). The molecule has 144 valence electrons. The van der Waals surface area contributed by atoms with E-state index in [1.165, 1.54) is 6.20 Å². The zero-order valence-corrected chi connectivity index (χ0v) is 16.6. The molecule has 1 atom stereocenters. The summed E-state index contributed by atoms with van der Waals surface area (Å²) in [6.07, 6.45) is 2.01. The first-order chi connectivity index (χ1) is 12.8. The Morgan fingerprint density at radius 2 is 2.07 bits per heavy atom. The molecule has 1 unspecified atom stereocenters. The number of benzene rings is 1. The lowest BCUT2D eigenvalue weighted by Crippen LogP contribution is -2.41. The van der Waals surface area contributed by atoms with Crippen molar-refractivity contribution < 1.29 is 13.2 Å². The van der Waals surface area contributed by atoms with Crippen molar-refractivity contribution >= 4 is 27.4 Å². The summed E-state index contributed by atoms with van der Waals surface area (Å²) in [7, 11) is -3.06. The summed E-state index contributed by atoms with van der Waals surface area (Å²) in [5.74, 6) is 0.214. The molecule has 1 aliphatic rings. The zero-order valence-electron chi connectivity index (χ0n) is 15.8. The highest BCUT2D eigenvalue weighted by Crippen LogP contribution is 2.22. The SMILES string of the molecule is CCN(C(=O)c1ccnc(Nc2cccc(C)c2C)n1)C1CCS(=O)(=O)C1. The van der Waals surface area contributed by atoms with Gasteiger partial charge < -0.3 is 10.2 Å². The molecule has 1 fully saturated rings. The number of carbonyl (C=O) groups excluding carboxylic acids is 1. The quantitative estimate of drug-likeness (QED) is 0.846. The smallest absolute Gasteiger partial charge is 0.272 e. The van der Waals surface area contributed by atoms with Crippen molar-refractivity contribution in [1.29, 1.82) is 0 Å². The van der Waals surface area contributed by atoms with Crippen LogP contribution in [0.15, 0.2) is 30.5 Å². The van der Waals surface area contributed by atoms with Gasteiger partial charge in [-0.3, -0.25) is 4.79 Å². The topological polar surface area (TPSA) is 92.3 Å². The molecule has 1 aromatic carbocycles. The lowest BCUT2D eigenvalue weighted by Gasteiger charge is -2.26. The first-order valence-corrected chi connectivity index (χ1v) is 10.8. The number of aryl methyl sites for hydroxylation is 1. The van der Waals surface area contributed by atoms with E-state index in [1.54, 1.807) is 11.0 Å². The fourth-order valence-electron chi connectivity index (χ4n) is 3.28. The highest BCUT2D eigenvalue weighted by atomic mass is 32.2. The van der Waals surface area contributed by atoms with E-state index in [2.05, 4.69) is 15.3 Å². The predicted octanol–water partition coefficient (Wildman–Crippen LogP) is 2.49. The molecule has 0 radical (unpaired) electrons. The largest absolute Gasteiger partial charge is 0.334 e. The van der Waals surface area contributed by atoms with Crippen molar-refractivity contribution in [2.45, 2.75) is 33.2 Å². The maximum atomic E-state index is 12.9. The van der Waals surface area contributed by atoms with Gasteiger partial charge in [0.05, 0.1) is 11.5 Å². The van der Waals surface area contributed by atoms with Crippen LogP contribution in [0.3, 0.4) is 0 Å². The van der Waals surface area contributed by atoms with Crippen LogP contribution in [0.5, 0.6) is 0 Å². The van der Waals surface area contributed by atoms with E-state index in [9.17, 15) is 13.2 Å². The van der Waals surface area contributed by atoms with Crippen LogP contribution in [0.2, 0.25) is 0 Å². The van der Waals surface area contributed by atoms with Gasteiger partial charge in [0.1, 0.15) is 5.69 Å². The molecule has 2 aromatic rings. The zero-order chi connectivity index (χ0) is 19.6. The molecule has 1 amide bonds. The molecule has 2 heterocycles. The summed E-state index contributed by atoms with van der Waals surface area (Å²) in [4.78, 5) is 23.1. The van der Waals surface area contributed by atoms with E-state index in [0.29, 0.717) is 18.9 Å². The van der Waals surface area contributed by atoms with E-state index in [-0.39, 0.29) is 29.1 Å². The van der Waals surface area contributed by atoms with E-state index in [0.717, 1.165) is 16.8 Å². The molecular weight excluding hydrogens is 364 g/mol. The highest BCUT2D eigenvalue weighted by molar-refractivity contribution is 7.91. The van der Waals surface area contributed by atoms with Crippen molar-refractivity contribution in [2.24, 2.45) is 0 Å². The Morgan fingerprint density at radius 1 is 1.30 bits per heavy atom. The number of anilines is 2. The summed E-state index contributed by atoms with van der Waals surface area (Å²) < 4.78 is 23.5. The number of sulfone groups is 1. The second-order valence-electron chi connectivity index (χ2n) is 6.79. The predicted molar refractivity (Wildman–Crippen MR) is 105 cm³/mol. The van der Waals surface area contributed by atoms with Gasteiger partial charge in [0, 0.05) is 24.5 Å². The summed E-state index contributed by atoms with van der Waals surface area (Å²) >= 11 is 0. The van der Waals surface area contributed by atoms with Crippen LogP contribution in [0, 0.1) is 13.8 Å². The lowest BCUT2D eigenvalue weighted by molar-refractivity contribution is 0.0702. The highest BCUT2D eigenvalue weighted by Gasteiger charge is 2.34. The molecular formula is C19H24N4O3S. The molecule has 0 aliphatic carbocycles. The summed E-state index contributed by atoms with van der Waals surface area (Å²) in [6.45, 7) is 6.31. The first kappa shape index (κ1) is 19.3. The van der Waals surface area contributed by atoms with Crippen molar-refractivity contribution in [3.8, 4) is 0 Å². The first-order valence-electron chi connectivity index (χ1n) is 8.98. The Hall–Kier alpha value is -2.48. The molecule has 7 nitrogen and oxygen atoms in total. The number of nitrogens with zero attached hydrogens (tertiary/aromatic N) is 3. The molecule has 27 heavy (non-hydrogen) atoms. The van der Waals surface area contributed by atoms with Crippen LogP contribution in [0.1, 0.15) is 35.0 Å². The van der Waals surface area contributed by atoms with Gasteiger partial charge in [-0.25, -0.2) is 18.4 Å². The minimum absolute atomic E-state index is 0.0191. The number of carbonyl (C=O) groups is 1. The van der Waals surface area contributed by atoms with Crippen molar-refractivity contribution in [1.82, 2.24) is 14.9 Å². The van der Waals surface area contributed by atoms with Gasteiger partial charge in [0.2, 0.25) is 5.95 Å². The number of hydrogen-bond donors (Lipinski definition) is 1. The van der Waals surface area contributed by atoms with Gasteiger partial charge in [-0.1, -0.05) is 12.1 Å². The summed E-state index contributed by atoms with van der Waals surface area (Å²) in [5, 5.41) is 3.16. The Bertz CT molecular complexity index is 959. The Balaban J connectivity index is 1.82. The van der Waals surface area contributed by atoms with Crippen LogP contribution in [0.4, 0.5) is 11.6 Å². The number of nitrogens with one attached hydrogen (secondary N) is 1. The van der Waals surface area contributed by atoms with Gasteiger partial charge in [0.25, 0.3) is 5.91 Å². The van der Waals surface area contributed by atoms with Gasteiger partial charge in [0.15, 0.2) is 9.84 Å². The van der Waals surface area contributed by atoms with Crippen LogP contribution >= 0.6 is 0 Å². The molecule has 3 rings (SSSR count). The Kier molecular flexibility index (Phi) is 5.46. The van der Waals surface area contributed by atoms with Crippen molar-refractivity contribution in [2.75, 3.05) is 23.4 Å². The summed E-state index contributed by atoms with van der Waals surface area (Å²) in [5.41, 5.74) is 3.37. The molecule has 1 saturated heterocycles. The Morgan fingerprint density at radius 3 is 2.74 bits per heavy atom. The third kappa shape index (κ3) is 4.27. The molecule has 0 bridgehead atoms. The molecule has 0 spiro atoms. The number of rotatable bonds is 5. The maximum Gasteiger partial charge on any atom is 0.272 e. The van der Waals surface area contributed by atoms with Gasteiger partial charge >= 0.3 is 0 Å². The number of aromatic nitrogens is 2. The van der Waals surface area contributed by atoms with Gasteiger partial charge in [-0.05, 0) is 50.5 Å². The fourth-order valence-corrected chi connectivity index (χ4v) is 5.01. The van der Waals surface area contributed by atoms with Crippen LogP contribution in [-0.2, 0) is 9.84 Å². The molecule has 1 aliphatic heterocycles. The van der Waals surface area contributed by atoms with Crippen LogP contribution in [-0.4, -0.2) is 53.3 Å². The van der Waals surface area contributed by atoms with E-state index in [1.807, 2.05) is 39.0 Å². The third-order valence-corrected chi connectivity index (χ3v) is 6.73. The average molecular weight is 388 g/mol. The second kappa shape index (κ2) is 7.64. The number of amides is 1. The Labute approximate surface area is 159 Å². The molecule has 1 N–H and O–H groups in total. The average Bonchev–Trinajstić information content (AvgIpc) is 2.99. The fraction of sp³-hybridized carbons (Fsp3) is 0.421. The van der Waals surface area contributed by atoms with Crippen molar-refractivity contribution in [3.05, 3.63) is 47.3 Å². The second-order valence-corrected chi connectivity index (χ2v) is 9.01. The monoisotopic (exact) mass is 388 g/mol.